The van der Waals surface area contributed by atoms with Gasteiger partial charge >= 0.3 is 0 Å². The molecule has 0 bridgehead atoms. The van der Waals surface area contributed by atoms with E-state index in [0.29, 0.717) is 0 Å². The van der Waals surface area contributed by atoms with E-state index in [2.05, 4.69) is 6.92 Å². The number of benzene rings is 1. The monoisotopic (exact) mass is 353 g/mol. The molecule has 4 heteroatoms. The molecule has 0 aliphatic carbocycles. The van der Waals surface area contributed by atoms with Crippen LogP contribution in [-0.4, -0.2) is 13.0 Å². The van der Waals surface area contributed by atoms with Gasteiger partial charge in [-0.25, -0.2) is 8.42 Å². The van der Waals surface area contributed by atoms with Gasteiger partial charge in [0.05, 0.1) is 4.90 Å². The van der Waals surface area contributed by atoms with Gasteiger partial charge in [0.15, 0.2) is 0 Å². The largest absolute Gasteiger partial charge is 0.744 e. The Kier molecular flexibility index (Phi) is 11.0. The van der Waals surface area contributed by atoms with Crippen molar-refractivity contribution in [2.24, 2.45) is 0 Å². The van der Waals surface area contributed by atoms with Crippen molar-refractivity contribution in [2.75, 3.05) is 0 Å². The summed E-state index contributed by atoms with van der Waals surface area (Å²) in [6.45, 7) is 2.26. The molecule has 3 nitrogen and oxygen atoms in total. The van der Waals surface area contributed by atoms with Gasteiger partial charge < -0.3 is 4.55 Å². The zero-order chi connectivity index (χ0) is 17.7. The predicted molar refractivity (Wildman–Crippen MR) is 99.2 cm³/mol. The molecule has 0 saturated carbocycles. The van der Waals surface area contributed by atoms with E-state index in [4.69, 9.17) is 0 Å². The van der Waals surface area contributed by atoms with Gasteiger partial charge in [-0.1, -0.05) is 89.7 Å². The third kappa shape index (κ3) is 10.1. The van der Waals surface area contributed by atoms with Crippen molar-refractivity contribution in [3.8, 4) is 0 Å². The number of aryl methyl sites for hydroxylation is 1. The molecule has 1 rings (SSSR count). The summed E-state index contributed by atoms with van der Waals surface area (Å²) in [6, 6.07) is 6.34. The first-order chi connectivity index (χ1) is 11.5. The maximum absolute atomic E-state index is 10.9. The average Bonchev–Trinajstić information content (AvgIpc) is 2.55. The second kappa shape index (κ2) is 12.5. The highest BCUT2D eigenvalue weighted by Crippen LogP contribution is 2.15. The van der Waals surface area contributed by atoms with Crippen LogP contribution in [0.5, 0.6) is 0 Å². The van der Waals surface area contributed by atoms with E-state index in [1.165, 1.54) is 82.8 Å². The first-order valence-electron chi connectivity index (χ1n) is 9.59. The van der Waals surface area contributed by atoms with Crippen molar-refractivity contribution in [3.05, 3.63) is 29.8 Å². The Morgan fingerprint density at radius 2 is 1.12 bits per heavy atom. The maximum Gasteiger partial charge on any atom is 0.124 e. The molecular formula is C20H33O3S-. The standard InChI is InChI=1S/C20H34O3S/c1-2-3-4-5-6-7-8-9-10-11-12-13-14-19-15-17-20(18-16-19)24(21,22)23/h15-18H,2-14H2,1H3,(H,21,22,23)/p-1. The molecule has 138 valence electrons. The topological polar surface area (TPSA) is 57.2 Å². The van der Waals surface area contributed by atoms with Crippen LogP contribution < -0.4 is 0 Å². The van der Waals surface area contributed by atoms with Gasteiger partial charge in [0.25, 0.3) is 0 Å². The fourth-order valence-electron chi connectivity index (χ4n) is 2.99. The molecule has 0 spiro atoms. The maximum atomic E-state index is 10.9. The molecular weight excluding hydrogens is 320 g/mol. The van der Waals surface area contributed by atoms with Crippen molar-refractivity contribution in [1.82, 2.24) is 0 Å². The number of unbranched alkanes of at least 4 members (excludes halogenated alkanes) is 11. The van der Waals surface area contributed by atoms with Crippen LogP contribution in [0.4, 0.5) is 0 Å². The molecule has 0 fully saturated rings. The van der Waals surface area contributed by atoms with E-state index in [-0.39, 0.29) is 4.90 Å². The molecule has 1 aromatic rings. The summed E-state index contributed by atoms with van der Waals surface area (Å²) in [5.74, 6) is 0. The second-order valence-corrected chi connectivity index (χ2v) is 8.12. The zero-order valence-electron chi connectivity index (χ0n) is 15.1. The summed E-state index contributed by atoms with van der Waals surface area (Å²) >= 11 is 0. The van der Waals surface area contributed by atoms with Crippen LogP contribution in [-0.2, 0) is 16.5 Å². The van der Waals surface area contributed by atoms with Crippen molar-refractivity contribution < 1.29 is 13.0 Å². The van der Waals surface area contributed by atoms with Gasteiger partial charge in [0.2, 0.25) is 0 Å². The minimum Gasteiger partial charge on any atom is -0.744 e. The molecule has 24 heavy (non-hydrogen) atoms. The molecule has 1 aromatic carbocycles. The quantitative estimate of drug-likeness (QED) is 0.312. The Morgan fingerprint density at radius 1 is 0.708 bits per heavy atom. The molecule has 0 radical (unpaired) electrons. The Hall–Kier alpha value is -0.870. The Morgan fingerprint density at radius 3 is 1.54 bits per heavy atom. The van der Waals surface area contributed by atoms with Crippen LogP contribution in [0.15, 0.2) is 29.2 Å². The van der Waals surface area contributed by atoms with E-state index in [1.807, 2.05) is 0 Å². The number of hydrogen-bond acceptors (Lipinski definition) is 3. The lowest BCUT2D eigenvalue weighted by atomic mass is 10.0. The van der Waals surface area contributed by atoms with E-state index in [0.717, 1.165) is 18.4 Å². The third-order valence-electron chi connectivity index (χ3n) is 4.53. The second-order valence-electron chi connectivity index (χ2n) is 6.74. The smallest absolute Gasteiger partial charge is 0.124 e. The molecule has 0 aromatic heterocycles. The van der Waals surface area contributed by atoms with E-state index in [9.17, 15) is 13.0 Å². The van der Waals surface area contributed by atoms with Crippen molar-refractivity contribution >= 4 is 10.1 Å². The molecule has 0 heterocycles. The van der Waals surface area contributed by atoms with Gasteiger partial charge in [0, 0.05) is 0 Å². The van der Waals surface area contributed by atoms with Crippen molar-refractivity contribution in [3.63, 3.8) is 0 Å². The van der Waals surface area contributed by atoms with Crippen LogP contribution in [0.25, 0.3) is 0 Å². The van der Waals surface area contributed by atoms with E-state index < -0.39 is 10.1 Å². The van der Waals surface area contributed by atoms with Crippen LogP contribution in [0, 0.1) is 0 Å². The molecule has 0 unspecified atom stereocenters. The highest BCUT2D eigenvalue weighted by molar-refractivity contribution is 7.85. The van der Waals surface area contributed by atoms with Crippen LogP contribution in [0.1, 0.15) is 89.5 Å². The molecule has 0 saturated heterocycles. The third-order valence-corrected chi connectivity index (χ3v) is 5.38. The number of hydrogen-bond donors (Lipinski definition) is 0. The fraction of sp³-hybridized carbons (Fsp3) is 0.700. The summed E-state index contributed by atoms with van der Waals surface area (Å²) in [5.41, 5.74) is 1.11. The number of rotatable bonds is 14. The predicted octanol–water partition coefficient (Wildman–Crippen LogP) is 5.83. The summed E-state index contributed by atoms with van der Waals surface area (Å²) in [7, 11) is -4.32. The Labute approximate surface area is 148 Å². The van der Waals surface area contributed by atoms with E-state index in [1.54, 1.807) is 12.1 Å². The summed E-state index contributed by atoms with van der Waals surface area (Å²) in [5, 5.41) is 0. The summed E-state index contributed by atoms with van der Waals surface area (Å²) in [6.07, 6.45) is 16.9. The highest BCUT2D eigenvalue weighted by Gasteiger charge is 2.01. The Balaban J connectivity index is 1.97. The lowest BCUT2D eigenvalue weighted by molar-refractivity contribution is 0.463. The minimum atomic E-state index is -4.32. The minimum absolute atomic E-state index is 0.138. The lowest BCUT2D eigenvalue weighted by Gasteiger charge is -2.08. The highest BCUT2D eigenvalue weighted by atomic mass is 32.2. The normalized spacial score (nSPS) is 11.8. The first kappa shape index (κ1) is 21.2. The molecule has 0 atom stereocenters. The summed E-state index contributed by atoms with van der Waals surface area (Å²) in [4.78, 5) is -0.138. The van der Waals surface area contributed by atoms with Crippen molar-refractivity contribution in [1.29, 1.82) is 0 Å². The van der Waals surface area contributed by atoms with Crippen molar-refractivity contribution in [2.45, 2.75) is 95.3 Å². The van der Waals surface area contributed by atoms with Crippen LogP contribution in [0.3, 0.4) is 0 Å². The van der Waals surface area contributed by atoms with Crippen LogP contribution >= 0.6 is 0 Å². The van der Waals surface area contributed by atoms with E-state index >= 15 is 0 Å². The fourth-order valence-corrected chi connectivity index (χ4v) is 3.46. The molecule has 0 amide bonds. The SMILES string of the molecule is CCCCCCCCCCCCCCc1ccc(S(=O)(=O)[O-])cc1. The van der Waals surface area contributed by atoms with Gasteiger partial charge in [-0.15, -0.1) is 0 Å². The van der Waals surface area contributed by atoms with Gasteiger partial charge in [-0.05, 0) is 30.5 Å². The molecule has 0 N–H and O–H groups in total. The Bertz CT molecular complexity index is 520. The average molecular weight is 354 g/mol. The molecule has 0 aliphatic rings. The van der Waals surface area contributed by atoms with Gasteiger partial charge in [-0.2, -0.15) is 0 Å². The lowest BCUT2D eigenvalue weighted by Crippen LogP contribution is -1.98. The van der Waals surface area contributed by atoms with Gasteiger partial charge in [-0.3, -0.25) is 0 Å². The van der Waals surface area contributed by atoms with Crippen LogP contribution in [0.2, 0.25) is 0 Å². The summed E-state index contributed by atoms with van der Waals surface area (Å²) < 4.78 is 32.6. The zero-order valence-corrected chi connectivity index (χ0v) is 16.0. The first-order valence-corrected chi connectivity index (χ1v) is 11.0. The molecule has 0 aliphatic heterocycles. The van der Waals surface area contributed by atoms with Gasteiger partial charge in [0.1, 0.15) is 10.1 Å².